The Labute approximate surface area is 248 Å². The molecule has 0 aliphatic heterocycles. The topological polar surface area (TPSA) is 167 Å². The van der Waals surface area contributed by atoms with Gasteiger partial charge in [0.05, 0.1) is 39.5 Å². The van der Waals surface area contributed by atoms with Crippen LogP contribution in [0, 0.1) is 13.8 Å². The van der Waals surface area contributed by atoms with Crippen molar-refractivity contribution in [1.29, 1.82) is 0 Å². The van der Waals surface area contributed by atoms with Crippen molar-refractivity contribution in [2.75, 3.05) is 11.9 Å². The standard InChI is InChI=1S/C31H29N5O6S/c1-4-41-31(38)22-6-5-7-23(14-22)35-29-25-13-10-21(28-18(2)36-42-19(28)3)15-27(25)33-17-26(29)30(37)34-16-20-8-11-24(12-9-20)43(32,39)40/h5-15,17H,4,16H2,1-3H3,(H,33,35)(H,34,37)(H2,32,39,40). The Kier molecular flexibility index (Phi) is 8.24. The smallest absolute Gasteiger partial charge is 0.338 e. The number of hydrogen-bond acceptors (Lipinski definition) is 9. The summed E-state index contributed by atoms with van der Waals surface area (Å²) < 4.78 is 33.6. The van der Waals surface area contributed by atoms with E-state index in [4.69, 9.17) is 14.4 Å². The van der Waals surface area contributed by atoms with Crippen LogP contribution < -0.4 is 15.8 Å². The number of rotatable bonds is 9. The van der Waals surface area contributed by atoms with Crippen molar-refractivity contribution in [3.63, 3.8) is 0 Å². The van der Waals surface area contributed by atoms with Crippen LogP contribution in [0.5, 0.6) is 0 Å². The molecule has 0 unspecified atom stereocenters. The van der Waals surface area contributed by atoms with Gasteiger partial charge in [-0.1, -0.05) is 35.5 Å². The number of carbonyl (C=O) groups is 2. The molecule has 43 heavy (non-hydrogen) atoms. The summed E-state index contributed by atoms with van der Waals surface area (Å²) >= 11 is 0. The molecule has 5 aromatic rings. The maximum absolute atomic E-state index is 13.5. The van der Waals surface area contributed by atoms with Crippen LogP contribution in [-0.2, 0) is 21.3 Å². The minimum absolute atomic E-state index is 0.0196. The molecule has 2 heterocycles. The molecule has 0 saturated carbocycles. The van der Waals surface area contributed by atoms with Gasteiger partial charge in [0.15, 0.2) is 0 Å². The summed E-state index contributed by atoms with van der Waals surface area (Å²) in [7, 11) is -3.83. The first-order chi connectivity index (χ1) is 20.5. The number of pyridine rings is 1. The van der Waals surface area contributed by atoms with Crippen molar-refractivity contribution in [2.45, 2.75) is 32.2 Å². The molecule has 0 fully saturated rings. The number of nitrogens with one attached hydrogen (secondary N) is 2. The van der Waals surface area contributed by atoms with Gasteiger partial charge in [0.2, 0.25) is 10.0 Å². The lowest BCUT2D eigenvalue weighted by atomic mass is 10.0. The van der Waals surface area contributed by atoms with E-state index in [0.29, 0.717) is 39.2 Å². The fraction of sp³-hybridized carbons (Fsp3) is 0.161. The van der Waals surface area contributed by atoms with E-state index in [2.05, 4.69) is 20.8 Å². The zero-order valence-electron chi connectivity index (χ0n) is 23.7. The number of amides is 1. The van der Waals surface area contributed by atoms with Gasteiger partial charge >= 0.3 is 5.97 Å². The number of carbonyl (C=O) groups excluding carboxylic acids is 2. The van der Waals surface area contributed by atoms with Gasteiger partial charge in [0.1, 0.15) is 5.76 Å². The molecule has 0 aliphatic rings. The predicted molar refractivity (Wildman–Crippen MR) is 161 cm³/mol. The number of anilines is 2. The molecule has 5 rings (SSSR count). The molecular formula is C31H29N5O6S. The molecule has 0 radical (unpaired) electrons. The molecule has 220 valence electrons. The second-order valence-corrected chi connectivity index (χ2v) is 11.3. The van der Waals surface area contributed by atoms with Crippen LogP contribution in [-0.4, -0.2) is 37.0 Å². The van der Waals surface area contributed by atoms with E-state index >= 15 is 0 Å². The Hall–Kier alpha value is -5.07. The van der Waals surface area contributed by atoms with Gasteiger partial charge < -0.3 is 19.9 Å². The van der Waals surface area contributed by atoms with Crippen LogP contribution in [0.2, 0.25) is 0 Å². The van der Waals surface area contributed by atoms with Crippen molar-refractivity contribution < 1.29 is 27.3 Å². The van der Waals surface area contributed by atoms with Gasteiger partial charge in [-0.15, -0.1) is 0 Å². The molecule has 0 atom stereocenters. The highest BCUT2D eigenvalue weighted by Crippen LogP contribution is 2.34. The molecule has 4 N–H and O–H groups in total. The molecule has 11 nitrogen and oxygen atoms in total. The number of aryl methyl sites for hydroxylation is 2. The summed E-state index contributed by atoms with van der Waals surface area (Å²) in [6.45, 7) is 5.81. The molecule has 0 spiro atoms. The van der Waals surface area contributed by atoms with Crippen LogP contribution in [0.3, 0.4) is 0 Å². The third-order valence-corrected chi connectivity index (χ3v) is 7.71. The molecule has 0 saturated heterocycles. The Balaban J connectivity index is 1.52. The normalized spacial score (nSPS) is 11.3. The number of hydrogen-bond donors (Lipinski definition) is 3. The van der Waals surface area contributed by atoms with Gasteiger partial charge in [0, 0.05) is 29.4 Å². The highest BCUT2D eigenvalue weighted by molar-refractivity contribution is 7.89. The third kappa shape index (κ3) is 6.40. The minimum Gasteiger partial charge on any atom is -0.462 e. The third-order valence-electron chi connectivity index (χ3n) is 6.78. The highest BCUT2D eigenvalue weighted by atomic mass is 32.2. The molecular weight excluding hydrogens is 570 g/mol. The van der Waals surface area contributed by atoms with E-state index in [1.165, 1.54) is 18.3 Å². The minimum atomic E-state index is -3.83. The fourth-order valence-corrected chi connectivity index (χ4v) is 5.22. The summed E-state index contributed by atoms with van der Waals surface area (Å²) in [6.07, 6.45) is 1.48. The van der Waals surface area contributed by atoms with E-state index < -0.39 is 21.9 Å². The molecule has 3 aromatic carbocycles. The molecule has 1 amide bonds. The number of sulfonamides is 1. The second-order valence-electron chi connectivity index (χ2n) is 9.78. The first-order valence-electron chi connectivity index (χ1n) is 13.3. The van der Waals surface area contributed by atoms with Crippen LogP contribution in [0.1, 0.15) is 44.7 Å². The van der Waals surface area contributed by atoms with E-state index in [1.807, 2.05) is 32.0 Å². The number of nitrogens with two attached hydrogens (primary N) is 1. The summed E-state index contributed by atoms with van der Waals surface area (Å²) in [5.74, 6) is -0.191. The molecule has 0 bridgehead atoms. The van der Waals surface area contributed by atoms with Crippen molar-refractivity contribution in [1.82, 2.24) is 15.5 Å². The highest BCUT2D eigenvalue weighted by Gasteiger charge is 2.19. The monoisotopic (exact) mass is 599 g/mol. The summed E-state index contributed by atoms with van der Waals surface area (Å²) in [6, 6.07) is 18.4. The van der Waals surface area contributed by atoms with Crippen molar-refractivity contribution in [3.05, 3.63) is 101 Å². The zero-order chi connectivity index (χ0) is 30.7. The molecule has 2 aromatic heterocycles. The average Bonchev–Trinajstić information content (AvgIpc) is 3.33. The van der Waals surface area contributed by atoms with Gasteiger partial charge in [-0.2, -0.15) is 0 Å². The summed E-state index contributed by atoms with van der Waals surface area (Å²) in [4.78, 5) is 30.4. The van der Waals surface area contributed by atoms with Gasteiger partial charge in [-0.05, 0) is 68.3 Å². The number of fused-ring (bicyclic) bond motifs is 1. The Morgan fingerprint density at radius 2 is 1.79 bits per heavy atom. The molecule has 12 heteroatoms. The summed E-state index contributed by atoms with van der Waals surface area (Å²) in [5, 5.41) is 16.1. The van der Waals surface area contributed by atoms with Crippen molar-refractivity contribution >= 4 is 44.2 Å². The average molecular weight is 600 g/mol. The largest absolute Gasteiger partial charge is 0.462 e. The van der Waals surface area contributed by atoms with Crippen molar-refractivity contribution in [2.24, 2.45) is 5.14 Å². The van der Waals surface area contributed by atoms with Crippen molar-refractivity contribution in [3.8, 4) is 11.1 Å². The molecule has 0 aliphatic carbocycles. The lowest BCUT2D eigenvalue weighted by Gasteiger charge is -2.16. The number of esters is 1. The van der Waals surface area contributed by atoms with E-state index in [1.54, 1.807) is 43.3 Å². The number of benzene rings is 3. The van der Waals surface area contributed by atoms with E-state index in [9.17, 15) is 18.0 Å². The fourth-order valence-electron chi connectivity index (χ4n) is 4.71. The van der Waals surface area contributed by atoms with Gasteiger partial charge in [-0.3, -0.25) is 9.78 Å². The summed E-state index contributed by atoms with van der Waals surface area (Å²) in [5.41, 5.74) is 5.47. The maximum atomic E-state index is 13.5. The first-order valence-corrected chi connectivity index (χ1v) is 14.9. The SMILES string of the molecule is CCOC(=O)c1cccc(Nc2c(C(=O)NCc3ccc(S(N)(=O)=O)cc3)cnc3cc(-c4c(C)noc4C)ccc23)c1. The van der Waals surface area contributed by atoms with E-state index in [-0.39, 0.29) is 23.6 Å². The second kappa shape index (κ2) is 12.0. The van der Waals surface area contributed by atoms with Crippen LogP contribution in [0.25, 0.3) is 22.0 Å². The van der Waals surface area contributed by atoms with Crippen LogP contribution in [0.15, 0.2) is 82.3 Å². The lowest BCUT2D eigenvalue weighted by molar-refractivity contribution is 0.0526. The Bertz CT molecular complexity index is 1930. The number of aromatic nitrogens is 2. The van der Waals surface area contributed by atoms with Crippen LogP contribution >= 0.6 is 0 Å². The van der Waals surface area contributed by atoms with Gasteiger partial charge in [0.25, 0.3) is 5.91 Å². The Morgan fingerprint density at radius 3 is 2.47 bits per heavy atom. The van der Waals surface area contributed by atoms with Crippen LogP contribution in [0.4, 0.5) is 11.4 Å². The first kappa shape index (κ1) is 29.4. The number of nitrogens with zero attached hydrogens (tertiary/aromatic N) is 2. The van der Waals surface area contributed by atoms with Gasteiger partial charge in [-0.25, -0.2) is 18.4 Å². The van der Waals surface area contributed by atoms with E-state index in [0.717, 1.165) is 16.8 Å². The predicted octanol–water partition coefficient (Wildman–Crippen LogP) is 5.00. The number of ether oxygens (including phenoxy) is 1. The Morgan fingerprint density at radius 1 is 1.02 bits per heavy atom. The number of primary sulfonamides is 1. The maximum Gasteiger partial charge on any atom is 0.338 e. The lowest BCUT2D eigenvalue weighted by Crippen LogP contribution is -2.24. The zero-order valence-corrected chi connectivity index (χ0v) is 24.5. The quantitative estimate of drug-likeness (QED) is 0.197.